The van der Waals surface area contributed by atoms with Gasteiger partial charge in [-0.05, 0) is 54.8 Å². The number of allylic oxidation sites excluding steroid dienone is 1. The van der Waals surface area contributed by atoms with E-state index in [1.165, 1.54) is 11.1 Å². The average Bonchev–Trinajstić information content (AvgIpc) is 2.66. The lowest BCUT2D eigenvalue weighted by Gasteiger charge is -2.41. The molecule has 0 saturated heterocycles. The fourth-order valence-electron chi connectivity index (χ4n) is 3.86. The summed E-state index contributed by atoms with van der Waals surface area (Å²) in [7, 11) is 6.71. The largest absolute Gasteiger partial charge is 0.493 e. The number of rotatable bonds is 5. The molecule has 1 N–H and O–H groups in total. The first kappa shape index (κ1) is 17.7. The minimum absolute atomic E-state index is 0.123. The molecule has 0 aromatic heterocycles. The molecule has 136 valence electrons. The van der Waals surface area contributed by atoms with Crippen molar-refractivity contribution in [3.63, 3.8) is 0 Å². The summed E-state index contributed by atoms with van der Waals surface area (Å²) in [6.07, 6.45) is 6.13. The molecule has 0 spiro atoms. The average molecular weight is 345 g/mol. The maximum Gasteiger partial charge on any atom is 0.161 e. The van der Waals surface area contributed by atoms with E-state index >= 15 is 0 Å². The van der Waals surface area contributed by atoms with Crippen molar-refractivity contribution in [1.82, 2.24) is 5.32 Å². The van der Waals surface area contributed by atoms with Gasteiger partial charge >= 0.3 is 0 Å². The zero-order valence-electron chi connectivity index (χ0n) is 15.6. The van der Waals surface area contributed by atoms with E-state index in [4.69, 9.17) is 18.9 Å². The highest BCUT2D eigenvalue weighted by Crippen LogP contribution is 2.47. The highest BCUT2D eigenvalue weighted by Gasteiger charge is 2.39. The molecule has 3 rings (SSSR count). The number of hydrogen-bond acceptors (Lipinski definition) is 5. The van der Waals surface area contributed by atoms with Gasteiger partial charge in [-0.1, -0.05) is 6.92 Å². The molecule has 2 aliphatic rings. The Bertz CT molecular complexity index is 710. The first-order chi connectivity index (χ1) is 12.1. The maximum absolute atomic E-state index is 5.55. The lowest BCUT2D eigenvalue weighted by atomic mass is 9.71. The topological polar surface area (TPSA) is 49.0 Å². The Hall–Kier alpha value is -2.14. The Morgan fingerprint density at radius 3 is 2.28 bits per heavy atom. The quantitative estimate of drug-likeness (QED) is 0.887. The molecule has 1 aliphatic heterocycles. The Labute approximate surface area is 149 Å². The first-order valence-electron chi connectivity index (χ1n) is 8.56. The van der Waals surface area contributed by atoms with Gasteiger partial charge in [-0.25, -0.2) is 0 Å². The number of nitrogens with one attached hydrogen (secondary N) is 1. The summed E-state index contributed by atoms with van der Waals surface area (Å²) >= 11 is 0. The molecule has 5 nitrogen and oxygen atoms in total. The second-order valence-electron chi connectivity index (χ2n) is 6.74. The Kier molecular flexibility index (Phi) is 4.95. The van der Waals surface area contributed by atoms with Crippen LogP contribution in [-0.2, 0) is 15.9 Å². The van der Waals surface area contributed by atoms with E-state index in [-0.39, 0.29) is 11.5 Å². The summed E-state index contributed by atoms with van der Waals surface area (Å²) in [5, 5.41) is 3.69. The summed E-state index contributed by atoms with van der Waals surface area (Å²) in [5.41, 5.74) is 2.44. The van der Waals surface area contributed by atoms with Gasteiger partial charge in [0.25, 0.3) is 0 Å². The predicted octanol–water partition coefficient (Wildman–Crippen LogP) is 3.36. The molecule has 0 fully saturated rings. The van der Waals surface area contributed by atoms with Crippen LogP contribution in [0.5, 0.6) is 11.5 Å². The summed E-state index contributed by atoms with van der Waals surface area (Å²) in [6.45, 7) is 3.18. The van der Waals surface area contributed by atoms with Crippen LogP contribution in [0.25, 0.3) is 0 Å². The molecule has 0 radical (unpaired) electrons. The van der Waals surface area contributed by atoms with Crippen molar-refractivity contribution in [3.05, 3.63) is 46.9 Å². The lowest BCUT2D eigenvalue weighted by molar-refractivity contribution is 0.189. The first-order valence-corrected chi connectivity index (χ1v) is 8.56. The van der Waals surface area contributed by atoms with E-state index in [1.54, 1.807) is 28.4 Å². The molecule has 1 aliphatic carbocycles. The van der Waals surface area contributed by atoms with Crippen LogP contribution in [0.15, 0.2) is 35.8 Å². The van der Waals surface area contributed by atoms with Crippen molar-refractivity contribution < 1.29 is 18.9 Å². The zero-order chi connectivity index (χ0) is 18.0. The van der Waals surface area contributed by atoms with Crippen LogP contribution in [0, 0.1) is 5.41 Å². The summed E-state index contributed by atoms with van der Waals surface area (Å²) < 4.78 is 22.0. The molecule has 0 bridgehead atoms. The van der Waals surface area contributed by atoms with Crippen LogP contribution >= 0.6 is 0 Å². The van der Waals surface area contributed by atoms with E-state index in [2.05, 4.69) is 36.5 Å². The Balaban J connectivity index is 2.03. The number of methoxy groups -OCH3 is 4. The zero-order valence-corrected chi connectivity index (χ0v) is 15.6. The molecular weight excluding hydrogens is 318 g/mol. The molecule has 0 saturated carbocycles. The normalized spacial score (nSPS) is 25.4. The van der Waals surface area contributed by atoms with Crippen molar-refractivity contribution in [2.75, 3.05) is 35.0 Å². The van der Waals surface area contributed by atoms with Crippen LogP contribution < -0.4 is 14.8 Å². The smallest absolute Gasteiger partial charge is 0.161 e. The van der Waals surface area contributed by atoms with Crippen LogP contribution in [0.2, 0.25) is 0 Å². The molecular formula is C20H27NO4. The van der Waals surface area contributed by atoms with Crippen LogP contribution in [-0.4, -0.2) is 35.0 Å². The van der Waals surface area contributed by atoms with Gasteiger partial charge in [-0.15, -0.1) is 0 Å². The molecule has 5 heteroatoms. The lowest BCUT2D eigenvalue weighted by Crippen LogP contribution is -2.40. The second kappa shape index (κ2) is 7.00. The van der Waals surface area contributed by atoms with Gasteiger partial charge in [-0.3, -0.25) is 0 Å². The SMILES string of the molecule is COC1=CCC(C)([C@@H]2NCCc3cc(OC)c(OC)cc32)C=C1OC. The summed E-state index contributed by atoms with van der Waals surface area (Å²) in [6, 6.07) is 4.37. The highest BCUT2D eigenvalue weighted by atomic mass is 16.5. The minimum Gasteiger partial charge on any atom is -0.493 e. The van der Waals surface area contributed by atoms with Crippen LogP contribution in [0.1, 0.15) is 30.5 Å². The van der Waals surface area contributed by atoms with Gasteiger partial charge in [-0.2, -0.15) is 0 Å². The molecule has 2 atom stereocenters. The van der Waals surface area contributed by atoms with Crippen molar-refractivity contribution in [3.8, 4) is 11.5 Å². The van der Waals surface area contributed by atoms with Gasteiger partial charge in [0.1, 0.15) is 0 Å². The summed E-state index contributed by atoms with van der Waals surface area (Å²) in [5.74, 6) is 3.12. The van der Waals surface area contributed by atoms with Crippen LogP contribution in [0.3, 0.4) is 0 Å². The Morgan fingerprint density at radius 2 is 1.64 bits per heavy atom. The number of benzene rings is 1. The summed E-state index contributed by atoms with van der Waals surface area (Å²) in [4.78, 5) is 0. The number of fused-ring (bicyclic) bond motifs is 1. The number of hydrogen-bond donors (Lipinski definition) is 1. The molecule has 0 amide bonds. The minimum atomic E-state index is -0.123. The standard InChI is InChI=1S/C20H27NO4/c1-20(8-6-15(22-2)18(12-20)25-5)19-14-11-17(24-4)16(23-3)10-13(14)7-9-21-19/h6,10-12,19,21H,7-9H2,1-5H3/t19-,20?/m1/s1. The van der Waals surface area contributed by atoms with Crippen molar-refractivity contribution in [1.29, 1.82) is 0 Å². The van der Waals surface area contributed by atoms with Gasteiger partial charge in [0.05, 0.1) is 28.4 Å². The monoisotopic (exact) mass is 345 g/mol. The number of ether oxygens (including phenoxy) is 4. The van der Waals surface area contributed by atoms with E-state index in [0.29, 0.717) is 0 Å². The van der Waals surface area contributed by atoms with Gasteiger partial charge in [0, 0.05) is 11.5 Å². The van der Waals surface area contributed by atoms with Crippen molar-refractivity contribution in [2.24, 2.45) is 5.41 Å². The third-order valence-corrected chi connectivity index (χ3v) is 5.23. The van der Waals surface area contributed by atoms with E-state index < -0.39 is 0 Å². The third-order valence-electron chi connectivity index (χ3n) is 5.23. The van der Waals surface area contributed by atoms with E-state index in [9.17, 15) is 0 Å². The van der Waals surface area contributed by atoms with Crippen molar-refractivity contribution >= 4 is 0 Å². The second-order valence-corrected chi connectivity index (χ2v) is 6.74. The molecule has 1 heterocycles. The van der Waals surface area contributed by atoms with Gasteiger partial charge in [0.2, 0.25) is 0 Å². The maximum atomic E-state index is 5.55. The van der Waals surface area contributed by atoms with Gasteiger partial charge in [0.15, 0.2) is 23.0 Å². The van der Waals surface area contributed by atoms with Gasteiger partial charge < -0.3 is 24.3 Å². The third kappa shape index (κ3) is 3.09. The molecule has 25 heavy (non-hydrogen) atoms. The van der Waals surface area contributed by atoms with E-state index in [1.807, 2.05) is 0 Å². The molecule has 1 unspecified atom stereocenters. The van der Waals surface area contributed by atoms with Crippen LogP contribution in [0.4, 0.5) is 0 Å². The van der Waals surface area contributed by atoms with E-state index in [0.717, 1.165) is 42.4 Å². The molecule has 1 aromatic rings. The predicted molar refractivity (Wildman–Crippen MR) is 96.9 cm³/mol. The highest BCUT2D eigenvalue weighted by molar-refractivity contribution is 5.50. The fourth-order valence-corrected chi connectivity index (χ4v) is 3.86. The fraction of sp³-hybridized carbons (Fsp3) is 0.500. The molecule has 1 aromatic carbocycles. The van der Waals surface area contributed by atoms with Crippen molar-refractivity contribution in [2.45, 2.75) is 25.8 Å². The Morgan fingerprint density at radius 1 is 0.960 bits per heavy atom.